The Kier molecular flexibility index (Phi) is 6.88. The number of aryl methyl sites for hydroxylation is 1. The molecule has 3 aliphatic heterocycles. The second kappa shape index (κ2) is 10.6. The molecule has 0 saturated carbocycles. The van der Waals surface area contributed by atoms with Crippen LogP contribution in [0.3, 0.4) is 0 Å². The minimum Gasteiger partial charge on any atom is -0.379 e. The van der Waals surface area contributed by atoms with Crippen molar-refractivity contribution in [1.82, 2.24) is 29.7 Å². The molecule has 3 fully saturated rings. The molecule has 3 aromatic heterocycles. The van der Waals surface area contributed by atoms with E-state index in [1.165, 1.54) is 6.42 Å². The first-order valence-electron chi connectivity index (χ1n) is 13.1. The summed E-state index contributed by atoms with van der Waals surface area (Å²) in [6.45, 7) is 7.43. The highest BCUT2D eigenvalue weighted by Gasteiger charge is 2.42. The van der Waals surface area contributed by atoms with E-state index in [1.54, 1.807) is 18.5 Å². The lowest BCUT2D eigenvalue weighted by Gasteiger charge is -2.33. The molecule has 198 valence electrons. The second-order valence-electron chi connectivity index (χ2n) is 10.3. The largest absolute Gasteiger partial charge is 0.379 e. The van der Waals surface area contributed by atoms with Crippen LogP contribution in [0.4, 0.5) is 23.3 Å². The number of nitrogens with zero attached hydrogens (tertiary/aromatic N) is 7. The van der Waals surface area contributed by atoms with Crippen LogP contribution in [-0.4, -0.2) is 101 Å². The summed E-state index contributed by atoms with van der Waals surface area (Å²) in [7, 11) is 2.21. The molecule has 3 aliphatic rings. The zero-order valence-corrected chi connectivity index (χ0v) is 21.8. The summed E-state index contributed by atoms with van der Waals surface area (Å²) in [5, 5.41) is 6.15. The van der Waals surface area contributed by atoms with E-state index < -0.39 is 0 Å². The van der Waals surface area contributed by atoms with Crippen molar-refractivity contribution in [3.05, 3.63) is 48.4 Å². The van der Waals surface area contributed by atoms with E-state index in [0.717, 1.165) is 54.5 Å². The Hall–Kier alpha value is -3.67. The normalized spacial score (nSPS) is 21.6. The number of fused-ring (bicyclic) bond motifs is 2. The van der Waals surface area contributed by atoms with Crippen molar-refractivity contribution >= 4 is 29.2 Å². The molecule has 3 aromatic rings. The summed E-state index contributed by atoms with van der Waals surface area (Å²) in [5.41, 5.74) is 3.55. The molecule has 2 bridgehead atoms. The highest BCUT2D eigenvalue weighted by molar-refractivity contribution is 5.91. The van der Waals surface area contributed by atoms with Crippen molar-refractivity contribution in [2.75, 3.05) is 68.5 Å². The van der Waals surface area contributed by atoms with E-state index in [1.807, 2.05) is 18.3 Å². The monoisotopic (exact) mass is 515 g/mol. The van der Waals surface area contributed by atoms with Gasteiger partial charge in [0.05, 0.1) is 37.3 Å². The van der Waals surface area contributed by atoms with E-state index in [-0.39, 0.29) is 5.91 Å². The van der Waals surface area contributed by atoms with Crippen molar-refractivity contribution in [3.63, 3.8) is 0 Å². The number of pyridine rings is 2. The number of rotatable bonds is 7. The summed E-state index contributed by atoms with van der Waals surface area (Å²) in [6, 6.07) is 8.80. The maximum absolute atomic E-state index is 12.3. The fourth-order valence-electron chi connectivity index (χ4n) is 5.53. The number of hydrogen-bond donors (Lipinski definition) is 2. The SMILES string of the molecule is Cc1cc(Nc2nccc(-c3ccc(NC(=O)CN4CCOCC4)nc3)n2)cnc1N1CC2CC1CN2C. The molecule has 3 saturated heterocycles. The molecule has 2 unspecified atom stereocenters. The Morgan fingerprint density at radius 3 is 2.66 bits per heavy atom. The van der Waals surface area contributed by atoms with Crippen molar-refractivity contribution < 1.29 is 9.53 Å². The van der Waals surface area contributed by atoms with Gasteiger partial charge >= 0.3 is 0 Å². The van der Waals surface area contributed by atoms with Crippen LogP contribution in [0.2, 0.25) is 0 Å². The number of carbonyl (C=O) groups is 1. The summed E-state index contributed by atoms with van der Waals surface area (Å²) >= 11 is 0. The molecule has 0 aromatic carbocycles. The first-order chi connectivity index (χ1) is 18.5. The van der Waals surface area contributed by atoms with Crippen LogP contribution in [0, 0.1) is 6.92 Å². The summed E-state index contributed by atoms with van der Waals surface area (Å²) in [6.07, 6.45) is 6.49. The van der Waals surface area contributed by atoms with Crippen molar-refractivity contribution in [2.24, 2.45) is 0 Å². The van der Waals surface area contributed by atoms with E-state index >= 15 is 0 Å². The Morgan fingerprint density at radius 2 is 1.95 bits per heavy atom. The Labute approximate surface area is 222 Å². The topological polar surface area (TPSA) is 112 Å². The lowest BCUT2D eigenvalue weighted by Crippen LogP contribution is -2.45. The van der Waals surface area contributed by atoms with E-state index in [0.29, 0.717) is 43.6 Å². The summed E-state index contributed by atoms with van der Waals surface area (Å²) < 4.78 is 5.33. The van der Waals surface area contributed by atoms with Crippen LogP contribution in [0.15, 0.2) is 42.9 Å². The van der Waals surface area contributed by atoms with Gasteiger partial charge in [0.15, 0.2) is 0 Å². The van der Waals surface area contributed by atoms with Gasteiger partial charge in [-0.3, -0.25) is 14.6 Å². The standard InChI is InChI=1S/C27H33N9O2/c1-18-11-20(14-30-26(18)36-16-21-12-22(36)15-34(21)2)31-27-28-6-5-23(32-27)19-3-4-24(29-13-19)33-25(37)17-35-7-9-38-10-8-35/h3-6,11,13-14,21-22H,7-10,12,15-17H2,1-2H3,(H,28,31,32)(H,29,33,37). The van der Waals surface area contributed by atoms with Gasteiger partial charge in [-0.2, -0.15) is 0 Å². The summed E-state index contributed by atoms with van der Waals surface area (Å²) in [5.74, 6) is 1.98. The van der Waals surface area contributed by atoms with Gasteiger partial charge in [0.1, 0.15) is 11.6 Å². The average Bonchev–Trinajstić information content (AvgIpc) is 3.50. The number of hydrogen-bond acceptors (Lipinski definition) is 10. The number of likely N-dealkylation sites (N-methyl/N-ethyl adjacent to an activating group) is 1. The van der Waals surface area contributed by atoms with E-state index in [4.69, 9.17) is 9.72 Å². The average molecular weight is 516 g/mol. The lowest BCUT2D eigenvalue weighted by molar-refractivity contribution is -0.118. The number of nitrogens with one attached hydrogen (secondary N) is 2. The van der Waals surface area contributed by atoms with Crippen LogP contribution >= 0.6 is 0 Å². The molecule has 0 spiro atoms. The van der Waals surface area contributed by atoms with Crippen molar-refractivity contribution in [3.8, 4) is 11.3 Å². The number of piperazine rings is 1. The number of ether oxygens (including phenoxy) is 1. The minimum absolute atomic E-state index is 0.0832. The van der Waals surface area contributed by atoms with Gasteiger partial charge in [0.25, 0.3) is 0 Å². The van der Waals surface area contributed by atoms with Gasteiger partial charge in [0, 0.05) is 56.2 Å². The molecular formula is C27H33N9O2. The van der Waals surface area contributed by atoms with Crippen LogP contribution in [0.5, 0.6) is 0 Å². The lowest BCUT2D eigenvalue weighted by atomic mass is 10.2. The molecular weight excluding hydrogens is 482 g/mol. The van der Waals surface area contributed by atoms with E-state index in [2.05, 4.69) is 60.3 Å². The zero-order valence-electron chi connectivity index (χ0n) is 21.8. The number of anilines is 4. The molecule has 2 N–H and O–H groups in total. The molecule has 11 nitrogen and oxygen atoms in total. The van der Waals surface area contributed by atoms with E-state index in [9.17, 15) is 4.79 Å². The van der Waals surface area contributed by atoms with Crippen LogP contribution in [-0.2, 0) is 9.53 Å². The fraction of sp³-hybridized carbons (Fsp3) is 0.444. The zero-order chi connectivity index (χ0) is 26.1. The Bertz CT molecular complexity index is 1290. The third-order valence-corrected chi connectivity index (χ3v) is 7.55. The molecule has 6 heterocycles. The maximum Gasteiger partial charge on any atom is 0.239 e. The highest BCUT2D eigenvalue weighted by Crippen LogP contribution is 2.34. The minimum atomic E-state index is -0.0832. The van der Waals surface area contributed by atoms with Gasteiger partial charge in [-0.15, -0.1) is 0 Å². The number of aromatic nitrogens is 4. The third-order valence-electron chi connectivity index (χ3n) is 7.55. The van der Waals surface area contributed by atoms with Gasteiger partial charge in [-0.05, 0) is 50.2 Å². The number of carbonyl (C=O) groups excluding carboxylic acids is 1. The number of likely N-dealkylation sites (tertiary alicyclic amines) is 1. The smallest absolute Gasteiger partial charge is 0.239 e. The van der Waals surface area contributed by atoms with Gasteiger partial charge in [0.2, 0.25) is 11.9 Å². The fourth-order valence-corrected chi connectivity index (χ4v) is 5.53. The number of morpholine rings is 1. The molecule has 6 rings (SSSR count). The molecule has 38 heavy (non-hydrogen) atoms. The molecule has 1 amide bonds. The first-order valence-corrected chi connectivity index (χ1v) is 13.1. The molecule has 11 heteroatoms. The predicted octanol–water partition coefficient (Wildman–Crippen LogP) is 2.15. The number of amides is 1. The van der Waals surface area contributed by atoms with Crippen LogP contribution in [0.25, 0.3) is 11.3 Å². The maximum atomic E-state index is 12.3. The Morgan fingerprint density at radius 1 is 1.08 bits per heavy atom. The van der Waals surface area contributed by atoms with Gasteiger partial charge in [-0.25, -0.2) is 19.9 Å². The quantitative estimate of drug-likeness (QED) is 0.485. The second-order valence-corrected chi connectivity index (χ2v) is 10.3. The van der Waals surface area contributed by atoms with Gasteiger partial charge in [-0.1, -0.05) is 0 Å². The molecule has 2 atom stereocenters. The molecule has 0 radical (unpaired) electrons. The third kappa shape index (κ3) is 5.31. The summed E-state index contributed by atoms with van der Waals surface area (Å²) in [4.78, 5) is 37.6. The van der Waals surface area contributed by atoms with Crippen LogP contribution < -0.4 is 15.5 Å². The Balaban J connectivity index is 1.08. The first kappa shape index (κ1) is 24.7. The molecule has 0 aliphatic carbocycles. The predicted molar refractivity (Wildman–Crippen MR) is 146 cm³/mol. The van der Waals surface area contributed by atoms with Crippen LogP contribution in [0.1, 0.15) is 12.0 Å². The van der Waals surface area contributed by atoms with Crippen molar-refractivity contribution in [2.45, 2.75) is 25.4 Å². The van der Waals surface area contributed by atoms with Gasteiger partial charge < -0.3 is 20.3 Å². The van der Waals surface area contributed by atoms with Crippen molar-refractivity contribution in [1.29, 1.82) is 0 Å². The highest BCUT2D eigenvalue weighted by atomic mass is 16.5.